The van der Waals surface area contributed by atoms with Crippen LogP contribution in [0.2, 0.25) is 0 Å². The second-order valence-electron chi connectivity index (χ2n) is 5.61. The van der Waals surface area contributed by atoms with Gasteiger partial charge in [0.05, 0.1) is 0 Å². The van der Waals surface area contributed by atoms with E-state index in [1.165, 1.54) is 30.1 Å². The third kappa shape index (κ3) is 8.12. The number of hydrogen-bond donors (Lipinski definition) is 1. The van der Waals surface area contributed by atoms with Gasteiger partial charge in [0, 0.05) is 0 Å². The predicted octanol–water partition coefficient (Wildman–Crippen LogP) is 3.64. The van der Waals surface area contributed by atoms with Crippen LogP contribution in [0.4, 0.5) is 0 Å². The SMILES string of the molecule is CCCCCCC#C/C=C(\[Se]c1ccccc1)C(C)(C)O. The maximum atomic E-state index is 10.3. The van der Waals surface area contributed by atoms with Gasteiger partial charge in [-0.05, 0) is 0 Å². The van der Waals surface area contributed by atoms with Crippen LogP contribution in [0.1, 0.15) is 52.9 Å². The zero-order valence-electron chi connectivity index (χ0n) is 13.4. The van der Waals surface area contributed by atoms with Crippen LogP contribution in [0, 0.1) is 11.8 Å². The van der Waals surface area contributed by atoms with Gasteiger partial charge in [0.15, 0.2) is 0 Å². The molecule has 0 atom stereocenters. The summed E-state index contributed by atoms with van der Waals surface area (Å²) < 4.78 is 2.30. The van der Waals surface area contributed by atoms with Crippen LogP contribution in [0.3, 0.4) is 0 Å². The van der Waals surface area contributed by atoms with Gasteiger partial charge in [-0.25, -0.2) is 0 Å². The van der Waals surface area contributed by atoms with Crippen LogP contribution < -0.4 is 4.46 Å². The van der Waals surface area contributed by atoms with E-state index in [1.807, 2.05) is 38.1 Å². The second kappa shape index (κ2) is 9.85. The molecule has 1 N–H and O–H groups in total. The molecule has 0 aliphatic carbocycles. The van der Waals surface area contributed by atoms with Crippen LogP contribution in [0.25, 0.3) is 0 Å². The molecular weight excluding hydrogens is 323 g/mol. The molecule has 1 aromatic carbocycles. The van der Waals surface area contributed by atoms with Crippen molar-refractivity contribution in [1.29, 1.82) is 0 Å². The first kappa shape index (κ1) is 18.0. The molecule has 0 fully saturated rings. The van der Waals surface area contributed by atoms with Crippen molar-refractivity contribution in [2.75, 3.05) is 0 Å². The van der Waals surface area contributed by atoms with E-state index in [0.29, 0.717) is 0 Å². The summed E-state index contributed by atoms with van der Waals surface area (Å²) in [5.74, 6) is 6.34. The number of rotatable bonds is 7. The quantitative estimate of drug-likeness (QED) is 0.453. The van der Waals surface area contributed by atoms with Gasteiger partial charge >= 0.3 is 136 Å². The van der Waals surface area contributed by atoms with Crippen LogP contribution in [-0.4, -0.2) is 25.7 Å². The third-order valence-electron chi connectivity index (χ3n) is 3.03. The monoisotopic (exact) mass is 350 g/mol. The van der Waals surface area contributed by atoms with E-state index < -0.39 is 5.60 Å². The summed E-state index contributed by atoms with van der Waals surface area (Å²) >= 11 is 0.121. The third-order valence-corrected chi connectivity index (χ3v) is 5.86. The van der Waals surface area contributed by atoms with Gasteiger partial charge in [-0.1, -0.05) is 0 Å². The molecule has 0 bridgehead atoms. The van der Waals surface area contributed by atoms with E-state index in [1.54, 1.807) is 0 Å². The molecule has 1 rings (SSSR count). The summed E-state index contributed by atoms with van der Waals surface area (Å²) in [4.78, 5) is 0. The van der Waals surface area contributed by atoms with Crippen molar-refractivity contribution in [3.8, 4) is 11.8 Å². The first-order valence-electron chi connectivity index (χ1n) is 7.68. The van der Waals surface area contributed by atoms with Gasteiger partial charge in [0.25, 0.3) is 0 Å². The molecular formula is C19H26OSe. The molecule has 21 heavy (non-hydrogen) atoms. The van der Waals surface area contributed by atoms with Gasteiger partial charge < -0.3 is 0 Å². The minimum absolute atomic E-state index is 0.121. The Balaban J connectivity index is 2.62. The van der Waals surface area contributed by atoms with Gasteiger partial charge in [-0.15, -0.1) is 0 Å². The average Bonchev–Trinajstić information content (AvgIpc) is 2.45. The van der Waals surface area contributed by atoms with Crippen molar-refractivity contribution in [2.45, 2.75) is 58.5 Å². The Morgan fingerprint density at radius 2 is 1.90 bits per heavy atom. The van der Waals surface area contributed by atoms with Crippen molar-refractivity contribution in [3.05, 3.63) is 40.9 Å². The number of benzene rings is 1. The predicted molar refractivity (Wildman–Crippen MR) is 92.7 cm³/mol. The van der Waals surface area contributed by atoms with Crippen LogP contribution in [0.15, 0.2) is 40.9 Å². The molecule has 0 aromatic heterocycles. The fraction of sp³-hybridized carbons (Fsp3) is 0.474. The molecule has 114 valence electrons. The van der Waals surface area contributed by atoms with Crippen molar-refractivity contribution >= 4 is 19.4 Å². The summed E-state index contributed by atoms with van der Waals surface area (Å²) in [5.41, 5.74) is -0.799. The minimum atomic E-state index is -0.799. The topological polar surface area (TPSA) is 20.2 Å². The Bertz CT molecular complexity index is 486. The molecule has 0 aliphatic rings. The summed E-state index contributed by atoms with van der Waals surface area (Å²) in [5, 5.41) is 10.3. The first-order chi connectivity index (χ1) is 10.0. The van der Waals surface area contributed by atoms with E-state index in [9.17, 15) is 5.11 Å². The number of aliphatic hydroxyl groups is 1. The van der Waals surface area contributed by atoms with E-state index in [2.05, 4.69) is 30.9 Å². The molecule has 1 nitrogen and oxygen atoms in total. The maximum absolute atomic E-state index is 10.3. The van der Waals surface area contributed by atoms with Crippen molar-refractivity contribution < 1.29 is 5.11 Å². The van der Waals surface area contributed by atoms with E-state index >= 15 is 0 Å². The molecule has 0 radical (unpaired) electrons. The Morgan fingerprint density at radius 3 is 2.52 bits per heavy atom. The fourth-order valence-corrected chi connectivity index (χ4v) is 3.69. The van der Waals surface area contributed by atoms with Gasteiger partial charge in [-0.2, -0.15) is 0 Å². The molecule has 0 saturated carbocycles. The molecule has 0 amide bonds. The number of allylic oxidation sites excluding steroid dienone is 1. The van der Waals surface area contributed by atoms with Gasteiger partial charge in [0.1, 0.15) is 0 Å². The molecule has 2 heteroatoms. The van der Waals surface area contributed by atoms with Crippen molar-refractivity contribution in [2.24, 2.45) is 0 Å². The molecule has 0 spiro atoms. The van der Waals surface area contributed by atoms with Crippen LogP contribution >= 0.6 is 0 Å². The van der Waals surface area contributed by atoms with Crippen molar-refractivity contribution in [1.82, 2.24) is 0 Å². The molecule has 0 heterocycles. The van der Waals surface area contributed by atoms with Gasteiger partial charge in [0.2, 0.25) is 0 Å². The number of hydrogen-bond acceptors (Lipinski definition) is 1. The average molecular weight is 349 g/mol. The fourth-order valence-electron chi connectivity index (χ4n) is 1.78. The normalized spacial score (nSPS) is 11.9. The molecule has 0 aliphatic heterocycles. The Kier molecular flexibility index (Phi) is 8.47. The summed E-state index contributed by atoms with van der Waals surface area (Å²) in [7, 11) is 0. The van der Waals surface area contributed by atoms with Crippen LogP contribution in [0.5, 0.6) is 0 Å². The first-order valence-corrected chi connectivity index (χ1v) is 9.39. The standard InChI is InChI=1S/C19H26OSe/c1-4-5-6-7-8-9-13-16-18(19(2,3)20)21-17-14-11-10-12-15-17/h10-12,14-16,20H,4-8H2,1-3H3/b18-16-. The van der Waals surface area contributed by atoms with Gasteiger partial charge in [-0.3, -0.25) is 0 Å². The number of unbranched alkanes of at least 4 members (excludes halogenated alkanes) is 4. The summed E-state index contributed by atoms with van der Waals surface area (Å²) in [6, 6.07) is 10.3. The van der Waals surface area contributed by atoms with E-state index in [0.717, 1.165) is 10.9 Å². The summed E-state index contributed by atoms with van der Waals surface area (Å²) in [6.45, 7) is 5.90. The second-order valence-corrected chi connectivity index (χ2v) is 7.95. The molecule has 1 aromatic rings. The molecule has 0 saturated heterocycles. The molecule has 0 unspecified atom stereocenters. The van der Waals surface area contributed by atoms with Crippen molar-refractivity contribution in [3.63, 3.8) is 0 Å². The Morgan fingerprint density at radius 1 is 1.19 bits per heavy atom. The van der Waals surface area contributed by atoms with Crippen LogP contribution in [-0.2, 0) is 0 Å². The van der Waals surface area contributed by atoms with E-state index in [4.69, 9.17) is 0 Å². The summed E-state index contributed by atoms with van der Waals surface area (Å²) in [6.07, 6.45) is 7.87. The zero-order valence-corrected chi connectivity index (χ0v) is 15.1. The Hall–Kier alpha value is -1.00. The zero-order chi connectivity index (χ0) is 15.6. The van der Waals surface area contributed by atoms with E-state index in [-0.39, 0.29) is 15.0 Å². The Labute approximate surface area is 136 Å².